The molecule has 160 valence electrons. The zero-order valence-corrected chi connectivity index (χ0v) is 18.2. The van der Waals surface area contributed by atoms with Gasteiger partial charge >= 0.3 is 0 Å². The van der Waals surface area contributed by atoms with E-state index < -0.39 is 16.1 Å². The van der Waals surface area contributed by atoms with Crippen LogP contribution in [0.3, 0.4) is 0 Å². The Labute approximate surface area is 185 Å². The summed E-state index contributed by atoms with van der Waals surface area (Å²) in [4.78, 5) is 17.6. The molecule has 9 heteroatoms. The topological polar surface area (TPSA) is 91.4 Å². The van der Waals surface area contributed by atoms with Gasteiger partial charge in [0.2, 0.25) is 5.91 Å². The molecule has 2 N–H and O–H groups in total. The Morgan fingerprint density at radius 2 is 1.94 bits per heavy atom. The molecular formula is C22H21ClN4O3S. The third kappa shape index (κ3) is 4.16. The van der Waals surface area contributed by atoms with Crippen molar-refractivity contribution in [3.8, 4) is 0 Å². The molecule has 2 aromatic carbocycles. The van der Waals surface area contributed by atoms with Gasteiger partial charge in [-0.05, 0) is 36.1 Å². The molecule has 31 heavy (non-hydrogen) atoms. The van der Waals surface area contributed by atoms with Gasteiger partial charge in [0.15, 0.2) is 0 Å². The molecule has 1 amide bonds. The minimum Gasteiger partial charge on any atom is -0.324 e. The van der Waals surface area contributed by atoms with Crippen molar-refractivity contribution in [3.63, 3.8) is 0 Å². The molecule has 1 aliphatic heterocycles. The van der Waals surface area contributed by atoms with E-state index in [0.29, 0.717) is 10.7 Å². The highest BCUT2D eigenvalue weighted by atomic mass is 35.5. The van der Waals surface area contributed by atoms with Crippen LogP contribution in [0.15, 0.2) is 54.9 Å². The Kier molecular flexibility index (Phi) is 5.18. The van der Waals surface area contributed by atoms with Gasteiger partial charge < -0.3 is 5.32 Å². The molecule has 1 fully saturated rings. The van der Waals surface area contributed by atoms with Crippen molar-refractivity contribution in [1.82, 2.24) is 14.0 Å². The number of halogens is 1. The Bertz CT molecular complexity index is 1270. The van der Waals surface area contributed by atoms with Crippen LogP contribution in [0.5, 0.6) is 0 Å². The van der Waals surface area contributed by atoms with Gasteiger partial charge in [-0.25, -0.2) is 0 Å². The fourth-order valence-electron chi connectivity index (χ4n) is 3.92. The Balaban J connectivity index is 1.48. The Morgan fingerprint density at radius 3 is 2.74 bits per heavy atom. The highest BCUT2D eigenvalue weighted by Crippen LogP contribution is 2.34. The molecule has 3 aromatic rings. The zero-order valence-electron chi connectivity index (χ0n) is 16.6. The van der Waals surface area contributed by atoms with Crippen LogP contribution >= 0.6 is 11.6 Å². The maximum Gasteiger partial charge on any atom is 0.280 e. The minimum atomic E-state index is -3.69. The average Bonchev–Trinajstić information content (AvgIpc) is 3.56. The SMILES string of the molecule is O=C(Nc1cncc2ccccc12)[C@@H]1CN(S(=O)(=O)NC2CC2)Cc2ccc(Cl)cc21. The molecule has 0 spiro atoms. The highest BCUT2D eigenvalue weighted by molar-refractivity contribution is 7.87. The van der Waals surface area contributed by atoms with E-state index in [9.17, 15) is 13.2 Å². The first kappa shape index (κ1) is 20.4. The molecule has 0 radical (unpaired) electrons. The fraction of sp³-hybridized carbons (Fsp3) is 0.273. The number of carbonyl (C=O) groups excluding carboxylic acids is 1. The first-order valence-corrected chi connectivity index (χ1v) is 11.9. The first-order valence-electron chi connectivity index (χ1n) is 10.1. The molecule has 7 nitrogen and oxygen atoms in total. The molecule has 0 bridgehead atoms. The summed E-state index contributed by atoms with van der Waals surface area (Å²) in [5.74, 6) is -0.995. The van der Waals surface area contributed by atoms with Crippen molar-refractivity contribution < 1.29 is 13.2 Å². The minimum absolute atomic E-state index is 0.00866. The summed E-state index contributed by atoms with van der Waals surface area (Å²) in [5, 5.41) is 5.24. The van der Waals surface area contributed by atoms with E-state index in [4.69, 9.17) is 11.6 Å². The number of aromatic nitrogens is 1. The predicted octanol–water partition coefficient (Wildman–Crippen LogP) is 3.42. The number of rotatable bonds is 5. The maximum absolute atomic E-state index is 13.4. The summed E-state index contributed by atoms with van der Waals surface area (Å²) < 4.78 is 29.8. The zero-order chi connectivity index (χ0) is 21.6. The van der Waals surface area contributed by atoms with Gasteiger partial charge in [0.1, 0.15) is 0 Å². The van der Waals surface area contributed by atoms with Crippen LogP contribution in [0.1, 0.15) is 29.9 Å². The summed E-state index contributed by atoms with van der Waals surface area (Å²) >= 11 is 6.20. The summed E-state index contributed by atoms with van der Waals surface area (Å²) in [6, 6.07) is 12.9. The number of benzene rings is 2. The summed E-state index contributed by atoms with van der Waals surface area (Å²) in [6.07, 6.45) is 5.03. The van der Waals surface area contributed by atoms with Crippen LogP contribution in [0.4, 0.5) is 5.69 Å². The van der Waals surface area contributed by atoms with Crippen molar-refractivity contribution in [3.05, 3.63) is 71.0 Å². The quantitative estimate of drug-likeness (QED) is 0.615. The van der Waals surface area contributed by atoms with Crippen molar-refractivity contribution in [2.45, 2.75) is 31.3 Å². The molecule has 5 rings (SSSR count). The van der Waals surface area contributed by atoms with Crippen molar-refractivity contribution >= 4 is 44.2 Å². The van der Waals surface area contributed by atoms with E-state index in [1.807, 2.05) is 24.3 Å². The van der Waals surface area contributed by atoms with Gasteiger partial charge in [-0.15, -0.1) is 0 Å². The van der Waals surface area contributed by atoms with Crippen LogP contribution in [-0.2, 0) is 21.5 Å². The second-order valence-corrected chi connectivity index (χ2v) is 10.1. The monoisotopic (exact) mass is 456 g/mol. The average molecular weight is 457 g/mol. The number of amides is 1. The lowest BCUT2D eigenvalue weighted by atomic mass is 9.90. The smallest absolute Gasteiger partial charge is 0.280 e. The second kappa shape index (κ2) is 7.87. The van der Waals surface area contributed by atoms with Crippen LogP contribution < -0.4 is 10.0 Å². The molecule has 1 saturated carbocycles. The predicted molar refractivity (Wildman–Crippen MR) is 120 cm³/mol. The number of nitrogens with zero attached hydrogens (tertiary/aromatic N) is 2. The van der Waals surface area contributed by atoms with E-state index in [1.54, 1.807) is 30.6 Å². The van der Waals surface area contributed by atoms with Crippen LogP contribution in [-0.4, -0.2) is 36.2 Å². The van der Waals surface area contributed by atoms with Crippen molar-refractivity contribution in [2.24, 2.45) is 0 Å². The van der Waals surface area contributed by atoms with E-state index in [1.165, 1.54) is 4.31 Å². The van der Waals surface area contributed by atoms with Crippen LogP contribution in [0.2, 0.25) is 5.02 Å². The van der Waals surface area contributed by atoms with Crippen LogP contribution in [0, 0.1) is 0 Å². The lowest BCUT2D eigenvalue weighted by Gasteiger charge is -2.33. The number of hydrogen-bond donors (Lipinski definition) is 2. The lowest BCUT2D eigenvalue weighted by Crippen LogP contribution is -2.47. The van der Waals surface area contributed by atoms with Crippen molar-refractivity contribution in [2.75, 3.05) is 11.9 Å². The van der Waals surface area contributed by atoms with Crippen molar-refractivity contribution in [1.29, 1.82) is 0 Å². The number of anilines is 1. The standard InChI is InChI=1S/C22H21ClN4O3S/c23-16-6-5-15-12-27(31(29,30)26-17-7-8-17)13-20(19(15)9-16)22(28)25-21-11-24-10-14-3-1-2-4-18(14)21/h1-6,9-11,17,20,26H,7-8,12-13H2,(H,25,28)/t20-/m1/s1. The number of carbonyl (C=O) groups is 1. The Morgan fingerprint density at radius 1 is 1.13 bits per heavy atom. The molecular weight excluding hydrogens is 436 g/mol. The normalized spacial score (nSPS) is 19.2. The summed E-state index contributed by atoms with van der Waals surface area (Å²) in [6.45, 7) is 0.244. The lowest BCUT2D eigenvalue weighted by molar-refractivity contribution is -0.118. The van der Waals surface area contributed by atoms with Gasteiger partial charge in [-0.1, -0.05) is 41.9 Å². The van der Waals surface area contributed by atoms with Crippen LogP contribution in [0.25, 0.3) is 10.8 Å². The summed E-state index contributed by atoms with van der Waals surface area (Å²) in [7, 11) is -3.69. The number of hydrogen-bond acceptors (Lipinski definition) is 4. The Hall–Kier alpha value is -2.52. The van der Waals surface area contributed by atoms with E-state index in [2.05, 4.69) is 15.0 Å². The highest BCUT2D eigenvalue weighted by Gasteiger charge is 2.38. The molecule has 0 unspecified atom stereocenters. The molecule has 2 aliphatic rings. The molecule has 1 aliphatic carbocycles. The number of nitrogens with one attached hydrogen (secondary N) is 2. The molecule has 1 atom stereocenters. The number of fused-ring (bicyclic) bond motifs is 2. The molecule has 1 aromatic heterocycles. The summed E-state index contributed by atoms with van der Waals surface area (Å²) in [5.41, 5.74) is 2.10. The number of pyridine rings is 1. The van der Waals surface area contributed by atoms with Gasteiger partial charge in [0, 0.05) is 41.1 Å². The third-order valence-electron chi connectivity index (χ3n) is 5.69. The fourth-order valence-corrected chi connectivity index (χ4v) is 5.56. The van der Waals surface area contributed by atoms with E-state index >= 15 is 0 Å². The van der Waals surface area contributed by atoms with E-state index in [-0.39, 0.29) is 25.0 Å². The second-order valence-electron chi connectivity index (χ2n) is 7.98. The van der Waals surface area contributed by atoms with Gasteiger partial charge in [-0.3, -0.25) is 9.78 Å². The van der Waals surface area contributed by atoms with Gasteiger partial charge in [0.25, 0.3) is 10.2 Å². The third-order valence-corrected chi connectivity index (χ3v) is 7.52. The largest absolute Gasteiger partial charge is 0.324 e. The van der Waals surface area contributed by atoms with Gasteiger partial charge in [-0.2, -0.15) is 17.4 Å². The molecule has 0 saturated heterocycles. The first-order chi connectivity index (χ1) is 14.9. The molecule has 2 heterocycles. The van der Waals surface area contributed by atoms with E-state index in [0.717, 1.165) is 34.7 Å². The van der Waals surface area contributed by atoms with Gasteiger partial charge in [0.05, 0.1) is 17.8 Å². The maximum atomic E-state index is 13.4.